The summed E-state index contributed by atoms with van der Waals surface area (Å²) in [5, 5.41) is 0. The number of amides is 1. The summed E-state index contributed by atoms with van der Waals surface area (Å²) >= 11 is 0. The first-order valence-electron chi connectivity index (χ1n) is 5.44. The van der Waals surface area contributed by atoms with Gasteiger partial charge < -0.3 is 4.90 Å². The first-order chi connectivity index (χ1) is 6.50. The van der Waals surface area contributed by atoms with E-state index < -0.39 is 0 Å². The first-order valence-corrected chi connectivity index (χ1v) is 5.44. The molecule has 14 heavy (non-hydrogen) atoms. The van der Waals surface area contributed by atoms with Gasteiger partial charge >= 0.3 is 0 Å². The quantitative estimate of drug-likeness (QED) is 0.589. The van der Waals surface area contributed by atoms with Gasteiger partial charge in [-0.05, 0) is 32.1 Å². The third-order valence-corrected chi connectivity index (χ3v) is 3.06. The summed E-state index contributed by atoms with van der Waals surface area (Å²) < 4.78 is 0. The van der Waals surface area contributed by atoms with Gasteiger partial charge in [-0.25, -0.2) is 0 Å². The molecule has 0 bridgehead atoms. The number of piperidine rings is 1. The van der Waals surface area contributed by atoms with Crippen LogP contribution in [-0.4, -0.2) is 23.9 Å². The van der Waals surface area contributed by atoms with Crippen LogP contribution in [0.25, 0.3) is 0 Å². The molecule has 1 amide bonds. The third kappa shape index (κ3) is 2.86. The first kappa shape index (κ1) is 11.3. The van der Waals surface area contributed by atoms with Gasteiger partial charge in [0.05, 0.1) is 0 Å². The maximum Gasteiger partial charge on any atom is 0.246 e. The van der Waals surface area contributed by atoms with E-state index in [4.69, 9.17) is 0 Å². The Labute approximate surface area is 87.0 Å². The van der Waals surface area contributed by atoms with Crippen LogP contribution in [0.1, 0.15) is 34.1 Å². The number of likely N-dealkylation sites (tertiary alicyclic amines) is 1. The fraction of sp³-hybridized carbons (Fsp3) is 0.750. The predicted octanol–water partition coefficient (Wildman–Crippen LogP) is 2.46. The van der Waals surface area contributed by atoms with Crippen LogP contribution in [0.3, 0.4) is 0 Å². The zero-order valence-corrected chi connectivity index (χ0v) is 9.71. The second-order valence-electron chi connectivity index (χ2n) is 4.75. The topological polar surface area (TPSA) is 20.3 Å². The zero-order chi connectivity index (χ0) is 10.7. The van der Waals surface area contributed by atoms with E-state index in [1.54, 1.807) is 6.08 Å². The molecule has 0 aliphatic carbocycles. The summed E-state index contributed by atoms with van der Waals surface area (Å²) in [5.41, 5.74) is 1.08. The Bertz CT molecular complexity index is 241. The number of hydrogen-bond acceptors (Lipinski definition) is 1. The number of rotatable bonds is 1. The van der Waals surface area contributed by atoms with Gasteiger partial charge in [-0.15, -0.1) is 0 Å². The van der Waals surface area contributed by atoms with Crippen LogP contribution in [0.5, 0.6) is 0 Å². The molecule has 0 radical (unpaired) electrons. The Hall–Kier alpha value is -0.790. The second-order valence-corrected chi connectivity index (χ2v) is 4.75. The molecule has 0 saturated carbocycles. The van der Waals surface area contributed by atoms with Gasteiger partial charge in [0.25, 0.3) is 0 Å². The van der Waals surface area contributed by atoms with Crippen LogP contribution >= 0.6 is 0 Å². The molecule has 1 fully saturated rings. The number of carbonyl (C=O) groups excluding carboxylic acids is 1. The molecule has 80 valence electrons. The predicted molar refractivity (Wildman–Crippen MR) is 59.0 cm³/mol. The van der Waals surface area contributed by atoms with Crippen molar-refractivity contribution in [3.63, 3.8) is 0 Å². The molecule has 0 aromatic heterocycles. The van der Waals surface area contributed by atoms with Crippen molar-refractivity contribution >= 4 is 5.91 Å². The Morgan fingerprint density at radius 1 is 1.29 bits per heavy atom. The minimum absolute atomic E-state index is 0.184. The van der Waals surface area contributed by atoms with E-state index in [1.165, 1.54) is 0 Å². The Morgan fingerprint density at radius 3 is 2.43 bits per heavy atom. The maximum absolute atomic E-state index is 11.7. The van der Waals surface area contributed by atoms with E-state index >= 15 is 0 Å². The molecular formula is C12H21NO. The highest BCUT2D eigenvalue weighted by Gasteiger charge is 2.24. The standard InChI is InChI=1S/C12H21NO/c1-9(2)7-12(14)13-6-5-10(3)11(4)8-13/h7,10-11H,5-6,8H2,1-4H3. The second kappa shape index (κ2) is 4.63. The highest BCUT2D eigenvalue weighted by atomic mass is 16.2. The highest BCUT2D eigenvalue weighted by Crippen LogP contribution is 2.22. The van der Waals surface area contributed by atoms with Crippen molar-refractivity contribution in [1.82, 2.24) is 4.90 Å². The average molecular weight is 195 g/mol. The summed E-state index contributed by atoms with van der Waals surface area (Å²) in [6, 6.07) is 0. The minimum atomic E-state index is 0.184. The van der Waals surface area contributed by atoms with Crippen molar-refractivity contribution < 1.29 is 4.79 Å². The van der Waals surface area contributed by atoms with E-state index in [2.05, 4.69) is 13.8 Å². The molecule has 2 unspecified atom stereocenters. The van der Waals surface area contributed by atoms with Crippen molar-refractivity contribution in [1.29, 1.82) is 0 Å². The van der Waals surface area contributed by atoms with Crippen LogP contribution in [0, 0.1) is 11.8 Å². The summed E-state index contributed by atoms with van der Waals surface area (Å²) in [7, 11) is 0. The molecule has 2 atom stereocenters. The zero-order valence-electron chi connectivity index (χ0n) is 9.71. The summed E-state index contributed by atoms with van der Waals surface area (Å²) in [6.07, 6.45) is 2.88. The smallest absolute Gasteiger partial charge is 0.246 e. The van der Waals surface area contributed by atoms with Gasteiger partial charge in [-0.1, -0.05) is 19.4 Å². The van der Waals surface area contributed by atoms with Crippen LogP contribution in [0.2, 0.25) is 0 Å². The van der Waals surface area contributed by atoms with Crippen molar-refractivity contribution in [2.75, 3.05) is 13.1 Å². The van der Waals surface area contributed by atoms with Crippen LogP contribution in [0.4, 0.5) is 0 Å². The van der Waals surface area contributed by atoms with E-state index in [9.17, 15) is 4.79 Å². The van der Waals surface area contributed by atoms with E-state index in [-0.39, 0.29) is 5.91 Å². The lowest BCUT2D eigenvalue weighted by atomic mass is 9.88. The Balaban J connectivity index is 2.55. The van der Waals surface area contributed by atoms with E-state index in [1.807, 2.05) is 18.7 Å². The fourth-order valence-electron chi connectivity index (χ4n) is 1.80. The molecular weight excluding hydrogens is 174 g/mol. The number of hydrogen-bond donors (Lipinski definition) is 0. The van der Waals surface area contributed by atoms with Crippen molar-refractivity contribution in [2.45, 2.75) is 34.1 Å². The van der Waals surface area contributed by atoms with Crippen molar-refractivity contribution in [2.24, 2.45) is 11.8 Å². The molecule has 2 nitrogen and oxygen atoms in total. The summed E-state index contributed by atoms with van der Waals surface area (Å²) in [4.78, 5) is 13.7. The molecule has 1 rings (SSSR count). The Morgan fingerprint density at radius 2 is 1.93 bits per heavy atom. The minimum Gasteiger partial charge on any atom is -0.339 e. The highest BCUT2D eigenvalue weighted by molar-refractivity contribution is 5.88. The third-order valence-electron chi connectivity index (χ3n) is 3.06. The van der Waals surface area contributed by atoms with Gasteiger partial charge in [0, 0.05) is 19.2 Å². The van der Waals surface area contributed by atoms with Gasteiger partial charge in [0.15, 0.2) is 0 Å². The Kier molecular flexibility index (Phi) is 3.73. The van der Waals surface area contributed by atoms with Crippen LogP contribution < -0.4 is 0 Å². The van der Waals surface area contributed by atoms with Crippen molar-refractivity contribution in [3.05, 3.63) is 11.6 Å². The van der Waals surface area contributed by atoms with E-state index in [0.717, 1.165) is 31.0 Å². The lowest BCUT2D eigenvalue weighted by Gasteiger charge is -2.34. The molecule has 1 saturated heterocycles. The lowest BCUT2D eigenvalue weighted by Crippen LogP contribution is -2.41. The molecule has 0 N–H and O–H groups in total. The largest absolute Gasteiger partial charge is 0.339 e. The number of nitrogens with zero attached hydrogens (tertiary/aromatic N) is 1. The van der Waals surface area contributed by atoms with Crippen LogP contribution in [-0.2, 0) is 4.79 Å². The van der Waals surface area contributed by atoms with Gasteiger partial charge in [-0.2, -0.15) is 0 Å². The SMILES string of the molecule is CC(C)=CC(=O)N1CCC(C)C(C)C1. The van der Waals surface area contributed by atoms with Crippen LogP contribution in [0.15, 0.2) is 11.6 Å². The molecule has 1 heterocycles. The maximum atomic E-state index is 11.7. The van der Waals surface area contributed by atoms with Gasteiger partial charge in [0.2, 0.25) is 5.91 Å². The van der Waals surface area contributed by atoms with Gasteiger partial charge in [0.1, 0.15) is 0 Å². The van der Waals surface area contributed by atoms with E-state index in [0.29, 0.717) is 5.92 Å². The molecule has 1 aliphatic rings. The normalized spacial score (nSPS) is 27.3. The molecule has 0 aromatic rings. The molecule has 1 aliphatic heterocycles. The summed E-state index contributed by atoms with van der Waals surface area (Å²) in [5.74, 6) is 1.58. The molecule has 2 heteroatoms. The lowest BCUT2D eigenvalue weighted by molar-refractivity contribution is -0.128. The summed E-state index contributed by atoms with van der Waals surface area (Å²) in [6.45, 7) is 10.3. The number of allylic oxidation sites excluding steroid dienone is 1. The molecule has 0 spiro atoms. The van der Waals surface area contributed by atoms with Crippen molar-refractivity contribution in [3.8, 4) is 0 Å². The number of carbonyl (C=O) groups is 1. The average Bonchev–Trinajstić information content (AvgIpc) is 2.08. The van der Waals surface area contributed by atoms with Gasteiger partial charge in [-0.3, -0.25) is 4.79 Å². The molecule has 0 aromatic carbocycles. The monoisotopic (exact) mass is 195 g/mol. The fourth-order valence-corrected chi connectivity index (χ4v) is 1.80.